The van der Waals surface area contributed by atoms with E-state index in [2.05, 4.69) is 172 Å². The van der Waals surface area contributed by atoms with Gasteiger partial charge in [0, 0.05) is 29.1 Å². The van der Waals surface area contributed by atoms with Gasteiger partial charge in [-0.15, -0.1) is 0 Å². The highest BCUT2D eigenvalue weighted by Gasteiger charge is 2.41. The van der Waals surface area contributed by atoms with Crippen molar-refractivity contribution in [3.05, 3.63) is 229 Å². The monoisotopic (exact) mass is 760 g/mol. The van der Waals surface area contributed by atoms with Crippen LogP contribution in [0.4, 0.5) is 0 Å². The van der Waals surface area contributed by atoms with Crippen molar-refractivity contribution in [3.63, 3.8) is 0 Å². The Morgan fingerprint density at radius 3 is 1.41 bits per heavy atom. The number of benzene rings is 3. The molecule has 0 bridgehead atoms. The molecule has 0 radical (unpaired) electrons. The van der Waals surface area contributed by atoms with Gasteiger partial charge in [-0.3, -0.25) is 0 Å². The summed E-state index contributed by atoms with van der Waals surface area (Å²) in [7, 11) is 0. The van der Waals surface area contributed by atoms with Gasteiger partial charge in [-0.1, -0.05) is 172 Å². The highest BCUT2D eigenvalue weighted by Crippen LogP contribution is 2.53. The molecule has 0 nitrogen and oxygen atoms in total. The van der Waals surface area contributed by atoms with Crippen molar-refractivity contribution in [1.82, 2.24) is 0 Å². The van der Waals surface area contributed by atoms with E-state index in [1.54, 1.807) is 55.7 Å². The van der Waals surface area contributed by atoms with Crippen LogP contribution in [0.25, 0.3) is 27.9 Å². The molecule has 3 aromatic rings. The van der Waals surface area contributed by atoms with Crippen LogP contribution in [-0.2, 0) is 5.41 Å². The second-order valence-electron chi connectivity index (χ2n) is 18.7. The molecule has 4 atom stereocenters. The fraction of sp³-hybridized carbons (Fsp3) is 0.254. The normalized spacial score (nSPS) is 26.9. The fourth-order valence-electron chi connectivity index (χ4n) is 12.7. The lowest BCUT2D eigenvalue weighted by atomic mass is 9.66. The Labute approximate surface area is 349 Å². The first-order chi connectivity index (χ1) is 29.0. The SMILES string of the molecule is CC1(C)C2=C(CCC(C3=c4ccccc4=C(C4=CC5=C(C=C(C6=c7ccccc7=C(C7=CC=CCC7)C7C=CC=CC67)CC5)CC4)C4C=CC=CC34)=C2)c2ccccc21. The number of hydrogen-bond acceptors (Lipinski definition) is 0. The molecule has 0 saturated heterocycles. The zero-order chi connectivity index (χ0) is 39.2. The third kappa shape index (κ3) is 5.41. The van der Waals surface area contributed by atoms with Crippen molar-refractivity contribution >= 4 is 27.9 Å². The van der Waals surface area contributed by atoms with E-state index in [0.29, 0.717) is 23.7 Å². The number of hydrogen-bond donors (Lipinski definition) is 0. The summed E-state index contributed by atoms with van der Waals surface area (Å²) in [5.41, 5.74) is 21.6. The molecule has 288 valence electrons. The van der Waals surface area contributed by atoms with Gasteiger partial charge >= 0.3 is 0 Å². The summed E-state index contributed by atoms with van der Waals surface area (Å²) >= 11 is 0. The quantitative estimate of drug-likeness (QED) is 0.248. The molecule has 0 heteroatoms. The van der Waals surface area contributed by atoms with E-state index < -0.39 is 0 Å². The summed E-state index contributed by atoms with van der Waals surface area (Å²) in [5, 5.41) is 5.80. The maximum absolute atomic E-state index is 2.64. The lowest BCUT2D eigenvalue weighted by Crippen LogP contribution is -2.41. The Balaban J connectivity index is 0.985. The van der Waals surface area contributed by atoms with Crippen LogP contribution in [0, 0.1) is 23.7 Å². The van der Waals surface area contributed by atoms with Crippen LogP contribution < -0.4 is 20.9 Å². The first kappa shape index (κ1) is 35.2. The highest BCUT2D eigenvalue weighted by atomic mass is 14.4. The van der Waals surface area contributed by atoms with E-state index in [1.165, 1.54) is 43.1 Å². The lowest BCUT2D eigenvalue weighted by Gasteiger charge is -2.38. The molecule has 0 aromatic heterocycles. The Kier molecular flexibility index (Phi) is 8.17. The van der Waals surface area contributed by atoms with Crippen LogP contribution in [0.5, 0.6) is 0 Å². The van der Waals surface area contributed by atoms with Gasteiger partial charge in [0.05, 0.1) is 0 Å². The van der Waals surface area contributed by atoms with Crippen LogP contribution in [0.15, 0.2) is 197 Å². The van der Waals surface area contributed by atoms with Gasteiger partial charge in [0.25, 0.3) is 0 Å². The number of fused-ring (bicyclic) bond motifs is 6. The summed E-state index contributed by atoms with van der Waals surface area (Å²) in [4.78, 5) is 0. The average Bonchev–Trinajstić information content (AvgIpc) is 3.52. The first-order valence-electron chi connectivity index (χ1n) is 22.5. The summed E-state index contributed by atoms with van der Waals surface area (Å²) in [5.74, 6) is 1.45. The zero-order valence-corrected chi connectivity index (χ0v) is 34.5. The minimum atomic E-state index is 0.0225. The Morgan fingerprint density at radius 1 is 0.441 bits per heavy atom. The number of allylic oxidation sites excluding steroid dienone is 22. The van der Waals surface area contributed by atoms with Crippen LogP contribution in [-0.4, -0.2) is 0 Å². The standard InChI is InChI=1S/C59H52/c1-59(2)53-27-15-14-18-43(53)44-33-32-42(36-54(44)59)58-51-25-12-10-23-49(51)57(50-24-11-13-26-52(50)58)41-31-29-38-34-40(30-28-39(38)35-41)56-47-21-8-6-19-45(47)55(37-16-4-3-5-17-37)46-20-7-9-22-48(46)56/h3-4,6-16,18-27,34-36,45,47,49,51H,5,17,28-33H2,1-2H3. The molecule has 59 heavy (non-hydrogen) atoms. The van der Waals surface area contributed by atoms with Crippen molar-refractivity contribution in [2.45, 2.75) is 70.6 Å². The van der Waals surface area contributed by atoms with Crippen molar-refractivity contribution in [2.24, 2.45) is 23.7 Å². The molecule has 3 aromatic carbocycles. The van der Waals surface area contributed by atoms with Gasteiger partial charge in [-0.2, -0.15) is 0 Å². The molecule has 0 saturated carbocycles. The summed E-state index contributed by atoms with van der Waals surface area (Å²) in [6.45, 7) is 4.87. The maximum Gasteiger partial charge on any atom is 0.0155 e. The molecular weight excluding hydrogens is 709 g/mol. The molecule has 0 fully saturated rings. The summed E-state index contributed by atoms with van der Waals surface area (Å²) in [6.07, 6.45) is 43.0. The molecule has 0 heterocycles. The zero-order valence-electron chi connectivity index (χ0n) is 34.5. The van der Waals surface area contributed by atoms with E-state index in [-0.39, 0.29) is 5.41 Å². The van der Waals surface area contributed by atoms with Crippen LogP contribution in [0.2, 0.25) is 0 Å². The van der Waals surface area contributed by atoms with E-state index >= 15 is 0 Å². The molecular formula is C59H52. The van der Waals surface area contributed by atoms with Crippen LogP contribution in [0.1, 0.15) is 76.3 Å². The second kappa shape index (κ2) is 13.7. The molecule has 4 unspecified atom stereocenters. The van der Waals surface area contributed by atoms with Crippen molar-refractivity contribution in [2.75, 3.05) is 0 Å². The smallest absolute Gasteiger partial charge is 0.0155 e. The van der Waals surface area contributed by atoms with Crippen molar-refractivity contribution in [1.29, 1.82) is 0 Å². The average molecular weight is 761 g/mol. The Bertz CT molecular complexity index is 3010. The Hall–Kier alpha value is -5.72. The van der Waals surface area contributed by atoms with Crippen molar-refractivity contribution in [3.8, 4) is 0 Å². The predicted octanol–water partition coefficient (Wildman–Crippen LogP) is 11.2. The van der Waals surface area contributed by atoms with E-state index in [0.717, 1.165) is 51.4 Å². The molecule has 0 N–H and O–H groups in total. The lowest BCUT2D eigenvalue weighted by molar-refractivity contribution is 0.646. The molecule has 0 spiro atoms. The molecule has 12 rings (SSSR count). The van der Waals surface area contributed by atoms with E-state index in [9.17, 15) is 0 Å². The highest BCUT2D eigenvalue weighted by molar-refractivity contribution is 5.88. The fourth-order valence-corrected chi connectivity index (χ4v) is 12.7. The second-order valence-corrected chi connectivity index (χ2v) is 18.7. The first-order valence-corrected chi connectivity index (χ1v) is 22.5. The topological polar surface area (TPSA) is 0 Å². The largest absolute Gasteiger partial charge is 0.0842 e. The minimum absolute atomic E-state index is 0.0225. The molecule has 9 aliphatic rings. The van der Waals surface area contributed by atoms with Gasteiger partial charge in [0.15, 0.2) is 0 Å². The molecule has 9 aliphatic carbocycles. The third-order valence-corrected chi connectivity index (χ3v) is 15.3. The van der Waals surface area contributed by atoms with E-state index in [4.69, 9.17) is 0 Å². The van der Waals surface area contributed by atoms with Gasteiger partial charge in [0.2, 0.25) is 0 Å². The maximum atomic E-state index is 2.64. The molecule has 0 aliphatic heterocycles. The molecule has 0 amide bonds. The Morgan fingerprint density at radius 2 is 0.898 bits per heavy atom. The van der Waals surface area contributed by atoms with Gasteiger partial charge in [-0.25, -0.2) is 0 Å². The van der Waals surface area contributed by atoms with Gasteiger partial charge in [0.1, 0.15) is 0 Å². The summed E-state index contributed by atoms with van der Waals surface area (Å²) in [6, 6.07) is 27.9. The number of rotatable bonds is 4. The van der Waals surface area contributed by atoms with E-state index in [1.807, 2.05) is 0 Å². The predicted molar refractivity (Wildman–Crippen MR) is 247 cm³/mol. The summed E-state index contributed by atoms with van der Waals surface area (Å²) < 4.78 is 0. The van der Waals surface area contributed by atoms with Crippen LogP contribution >= 0.6 is 0 Å². The van der Waals surface area contributed by atoms with Gasteiger partial charge < -0.3 is 0 Å². The minimum Gasteiger partial charge on any atom is -0.0842 e. The van der Waals surface area contributed by atoms with Crippen LogP contribution in [0.3, 0.4) is 0 Å². The van der Waals surface area contributed by atoms with Gasteiger partial charge in [-0.05, 0) is 150 Å². The van der Waals surface area contributed by atoms with Crippen molar-refractivity contribution < 1.29 is 0 Å². The third-order valence-electron chi connectivity index (χ3n) is 15.3.